The van der Waals surface area contributed by atoms with Crippen molar-refractivity contribution in [3.05, 3.63) is 35.9 Å². The lowest BCUT2D eigenvalue weighted by Crippen LogP contribution is -2.56. The first-order chi connectivity index (χ1) is 11.3. The maximum absolute atomic E-state index is 12.4. The van der Waals surface area contributed by atoms with Crippen molar-refractivity contribution in [1.29, 1.82) is 0 Å². The van der Waals surface area contributed by atoms with E-state index in [1.807, 2.05) is 30.3 Å². The van der Waals surface area contributed by atoms with Gasteiger partial charge in [-0.3, -0.25) is 14.4 Å². The Morgan fingerprint density at radius 3 is 2.54 bits per heavy atom. The monoisotopic (exact) mass is 331 g/mol. The number of benzene rings is 1. The number of hydrogen-bond acceptors (Lipinski definition) is 3. The van der Waals surface area contributed by atoms with E-state index < -0.39 is 11.4 Å². The Kier molecular flexibility index (Phi) is 5.59. The minimum atomic E-state index is -1.09. The summed E-state index contributed by atoms with van der Waals surface area (Å²) in [7, 11) is 0. The molecule has 0 bridgehead atoms. The predicted octanol–water partition coefficient (Wildman–Crippen LogP) is 0.848. The minimum Gasteiger partial charge on any atom is -0.368 e. The van der Waals surface area contributed by atoms with Gasteiger partial charge in [0.15, 0.2) is 0 Å². The standard InChI is InChI=1S/C18H25N3O3/c1-18(2,17(19)24)20-16(23)14-9-6-10-21(12-14)15(22)11-13-7-4-3-5-8-13/h3-5,7-8,14H,6,9-12H2,1-2H3,(H2,19,24)(H,20,23). The van der Waals surface area contributed by atoms with Crippen molar-refractivity contribution in [2.75, 3.05) is 13.1 Å². The number of primary amides is 1. The van der Waals surface area contributed by atoms with Crippen LogP contribution in [-0.2, 0) is 20.8 Å². The van der Waals surface area contributed by atoms with Crippen molar-refractivity contribution in [3.8, 4) is 0 Å². The number of nitrogens with one attached hydrogen (secondary N) is 1. The summed E-state index contributed by atoms with van der Waals surface area (Å²) in [5, 5.41) is 2.68. The molecule has 1 saturated heterocycles. The Balaban J connectivity index is 1.95. The Morgan fingerprint density at radius 2 is 1.92 bits per heavy atom. The molecule has 0 radical (unpaired) electrons. The summed E-state index contributed by atoms with van der Waals surface area (Å²) in [6.07, 6.45) is 1.81. The highest BCUT2D eigenvalue weighted by molar-refractivity contribution is 5.90. The summed E-state index contributed by atoms with van der Waals surface area (Å²) < 4.78 is 0. The molecule has 0 saturated carbocycles. The largest absolute Gasteiger partial charge is 0.368 e. The molecule has 3 amide bonds. The Bertz CT molecular complexity index is 613. The molecular weight excluding hydrogens is 306 g/mol. The zero-order chi connectivity index (χ0) is 17.7. The van der Waals surface area contributed by atoms with Crippen LogP contribution in [0.4, 0.5) is 0 Å². The second kappa shape index (κ2) is 7.47. The summed E-state index contributed by atoms with van der Waals surface area (Å²) in [4.78, 5) is 37.9. The minimum absolute atomic E-state index is 0.0212. The van der Waals surface area contributed by atoms with E-state index in [1.165, 1.54) is 0 Å². The number of piperidine rings is 1. The first-order valence-corrected chi connectivity index (χ1v) is 8.23. The first kappa shape index (κ1) is 18.0. The van der Waals surface area contributed by atoms with Crippen LogP contribution in [0.25, 0.3) is 0 Å². The van der Waals surface area contributed by atoms with Gasteiger partial charge in [0.2, 0.25) is 17.7 Å². The van der Waals surface area contributed by atoms with E-state index >= 15 is 0 Å². The van der Waals surface area contributed by atoms with E-state index in [4.69, 9.17) is 5.73 Å². The van der Waals surface area contributed by atoms with Crippen molar-refractivity contribution in [3.63, 3.8) is 0 Å². The summed E-state index contributed by atoms with van der Waals surface area (Å²) in [5.41, 5.74) is 5.16. The average Bonchev–Trinajstić information content (AvgIpc) is 2.55. The number of rotatable bonds is 5. The van der Waals surface area contributed by atoms with Crippen LogP contribution in [0.2, 0.25) is 0 Å². The quantitative estimate of drug-likeness (QED) is 0.838. The summed E-state index contributed by atoms with van der Waals surface area (Å²) in [6.45, 7) is 4.20. The number of carbonyl (C=O) groups excluding carboxylic acids is 3. The zero-order valence-corrected chi connectivity index (χ0v) is 14.2. The van der Waals surface area contributed by atoms with Crippen LogP contribution in [0.3, 0.4) is 0 Å². The van der Waals surface area contributed by atoms with E-state index in [0.717, 1.165) is 12.0 Å². The zero-order valence-electron chi connectivity index (χ0n) is 14.2. The molecule has 2 rings (SSSR count). The van der Waals surface area contributed by atoms with Gasteiger partial charge in [-0.05, 0) is 32.3 Å². The van der Waals surface area contributed by atoms with E-state index in [1.54, 1.807) is 18.7 Å². The third kappa shape index (κ3) is 4.57. The van der Waals surface area contributed by atoms with Gasteiger partial charge < -0.3 is 16.0 Å². The van der Waals surface area contributed by atoms with Gasteiger partial charge in [-0.1, -0.05) is 30.3 Å². The van der Waals surface area contributed by atoms with Gasteiger partial charge in [-0.25, -0.2) is 0 Å². The van der Waals surface area contributed by atoms with Gasteiger partial charge in [-0.15, -0.1) is 0 Å². The fourth-order valence-corrected chi connectivity index (χ4v) is 2.77. The third-order valence-corrected chi connectivity index (χ3v) is 4.39. The molecule has 1 aromatic rings. The summed E-state index contributed by atoms with van der Waals surface area (Å²) >= 11 is 0. The van der Waals surface area contributed by atoms with Crippen molar-refractivity contribution in [2.24, 2.45) is 11.7 Å². The summed E-state index contributed by atoms with van der Waals surface area (Å²) in [6, 6.07) is 9.56. The molecule has 1 unspecified atom stereocenters. The van der Waals surface area contributed by atoms with Crippen molar-refractivity contribution in [2.45, 2.75) is 38.6 Å². The number of amides is 3. The van der Waals surface area contributed by atoms with E-state index in [2.05, 4.69) is 5.32 Å². The lowest BCUT2D eigenvalue weighted by molar-refractivity contribution is -0.137. The SMILES string of the molecule is CC(C)(NC(=O)C1CCCN(C(=O)Cc2ccccc2)C1)C(N)=O. The van der Waals surface area contributed by atoms with Gasteiger partial charge in [0.25, 0.3) is 0 Å². The second-order valence-corrected chi connectivity index (χ2v) is 6.82. The molecule has 6 heteroatoms. The lowest BCUT2D eigenvalue weighted by atomic mass is 9.94. The van der Waals surface area contributed by atoms with Gasteiger partial charge in [-0.2, -0.15) is 0 Å². The molecule has 1 heterocycles. The maximum Gasteiger partial charge on any atom is 0.242 e. The van der Waals surface area contributed by atoms with E-state index in [0.29, 0.717) is 25.9 Å². The Hall–Kier alpha value is -2.37. The van der Waals surface area contributed by atoms with Gasteiger partial charge in [0.1, 0.15) is 5.54 Å². The van der Waals surface area contributed by atoms with Crippen LogP contribution >= 0.6 is 0 Å². The molecule has 6 nitrogen and oxygen atoms in total. The van der Waals surface area contributed by atoms with Crippen molar-refractivity contribution >= 4 is 17.7 Å². The number of nitrogens with zero attached hydrogens (tertiary/aromatic N) is 1. The molecule has 1 aliphatic heterocycles. The molecule has 1 fully saturated rings. The smallest absolute Gasteiger partial charge is 0.242 e. The maximum atomic E-state index is 12.4. The molecular formula is C18H25N3O3. The van der Waals surface area contributed by atoms with E-state index in [9.17, 15) is 14.4 Å². The number of carbonyl (C=O) groups is 3. The molecule has 1 aliphatic rings. The number of likely N-dealkylation sites (tertiary alicyclic amines) is 1. The molecule has 0 aromatic heterocycles. The van der Waals surface area contributed by atoms with Crippen LogP contribution in [0.15, 0.2) is 30.3 Å². The Morgan fingerprint density at radius 1 is 1.25 bits per heavy atom. The third-order valence-electron chi connectivity index (χ3n) is 4.39. The molecule has 3 N–H and O–H groups in total. The second-order valence-electron chi connectivity index (χ2n) is 6.82. The summed E-state index contributed by atoms with van der Waals surface area (Å²) in [5.74, 6) is -1.09. The van der Waals surface area contributed by atoms with Crippen LogP contribution < -0.4 is 11.1 Å². The molecule has 130 valence electrons. The highest BCUT2D eigenvalue weighted by Crippen LogP contribution is 2.19. The normalized spacial score (nSPS) is 18.1. The first-order valence-electron chi connectivity index (χ1n) is 8.23. The lowest BCUT2D eigenvalue weighted by Gasteiger charge is -2.34. The van der Waals surface area contributed by atoms with Gasteiger partial charge in [0.05, 0.1) is 12.3 Å². The van der Waals surface area contributed by atoms with Gasteiger partial charge in [0, 0.05) is 13.1 Å². The number of nitrogens with two attached hydrogens (primary N) is 1. The van der Waals surface area contributed by atoms with Crippen LogP contribution in [0.1, 0.15) is 32.3 Å². The Labute approximate surface area is 142 Å². The topological polar surface area (TPSA) is 92.5 Å². The predicted molar refractivity (Wildman–Crippen MR) is 90.9 cm³/mol. The molecule has 0 aliphatic carbocycles. The van der Waals surface area contributed by atoms with Gasteiger partial charge >= 0.3 is 0 Å². The average molecular weight is 331 g/mol. The van der Waals surface area contributed by atoms with Crippen molar-refractivity contribution in [1.82, 2.24) is 10.2 Å². The van der Waals surface area contributed by atoms with Crippen LogP contribution in [0, 0.1) is 5.92 Å². The molecule has 24 heavy (non-hydrogen) atoms. The molecule has 1 aromatic carbocycles. The van der Waals surface area contributed by atoms with Crippen LogP contribution in [-0.4, -0.2) is 41.2 Å². The molecule has 0 spiro atoms. The van der Waals surface area contributed by atoms with Crippen LogP contribution in [0.5, 0.6) is 0 Å². The fourth-order valence-electron chi connectivity index (χ4n) is 2.77. The highest BCUT2D eigenvalue weighted by atomic mass is 16.2. The number of hydrogen-bond donors (Lipinski definition) is 2. The van der Waals surface area contributed by atoms with Crippen molar-refractivity contribution < 1.29 is 14.4 Å². The molecule has 1 atom stereocenters. The van der Waals surface area contributed by atoms with E-state index in [-0.39, 0.29) is 17.7 Å². The highest BCUT2D eigenvalue weighted by Gasteiger charge is 2.33. The fraction of sp³-hybridized carbons (Fsp3) is 0.500.